The molecule has 0 spiro atoms. The van der Waals surface area contributed by atoms with Crippen LogP contribution >= 0.6 is 0 Å². The number of carbonyl (C=O) groups excluding carboxylic acids is 1. The Balaban J connectivity index is 1.84. The third kappa shape index (κ3) is 4.93. The summed E-state index contributed by atoms with van der Waals surface area (Å²) in [6, 6.07) is 13.3. The molecule has 0 saturated carbocycles. The first-order chi connectivity index (χ1) is 13.9. The van der Waals surface area contributed by atoms with Gasteiger partial charge in [-0.25, -0.2) is 9.79 Å². The second kappa shape index (κ2) is 8.78. The second-order valence-corrected chi connectivity index (χ2v) is 7.27. The van der Waals surface area contributed by atoms with E-state index in [1.165, 1.54) is 5.56 Å². The highest BCUT2D eigenvalue weighted by molar-refractivity contribution is 6.12. The molecule has 0 fully saturated rings. The number of aliphatic imine (C=N–C) groups is 1. The fourth-order valence-electron chi connectivity index (χ4n) is 2.80. The molecule has 1 aliphatic rings. The third-order valence-electron chi connectivity index (χ3n) is 4.41. The Hall–Kier alpha value is -3.34. The van der Waals surface area contributed by atoms with Crippen molar-refractivity contribution in [2.45, 2.75) is 26.7 Å². The summed E-state index contributed by atoms with van der Waals surface area (Å²) in [7, 11) is 1.57. The molecule has 0 bridgehead atoms. The first kappa shape index (κ1) is 20.4. The van der Waals surface area contributed by atoms with E-state index >= 15 is 0 Å². The van der Waals surface area contributed by atoms with Crippen LogP contribution in [-0.2, 0) is 9.53 Å². The van der Waals surface area contributed by atoms with Gasteiger partial charge in [-0.05, 0) is 59.9 Å². The van der Waals surface area contributed by atoms with Crippen LogP contribution in [0, 0.1) is 0 Å². The van der Waals surface area contributed by atoms with E-state index in [4.69, 9.17) is 14.2 Å². The number of benzene rings is 2. The monoisotopic (exact) mass is 391 g/mol. The molecule has 3 rings (SSSR count). The van der Waals surface area contributed by atoms with Crippen LogP contribution in [0.5, 0.6) is 11.5 Å². The number of hydrogen-bond donors (Lipinski definition) is 0. The van der Waals surface area contributed by atoms with E-state index < -0.39 is 5.97 Å². The maximum absolute atomic E-state index is 12.3. The Kier molecular flexibility index (Phi) is 6.17. The molecule has 0 amide bonds. The van der Waals surface area contributed by atoms with Gasteiger partial charge in [-0.2, -0.15) is 0 Å². The zero-order valence-corrected chi connectivity index (χ0v) is 17.2. The van der Waals surface area contributed by atoms with E-state index in [1.807, 2.05) is 37.3 Å². The number of rotatable bonds is 7. The molecule has 0 unspecified atom stereocenters. The predicted molar refractivity (Wildman–Crippen MR) is 114 cm³/mol. The van der Waals surface area contributed by atoms with Crippen LogP contribution in [0.3, 0.4) is 0 Å². The number of nitrogens with zero attached hydrogens (tertiary/aromatic N) is 1. The van der Waals surface area contributed by atoms with Crippen LogP contribution in [0.15, 0.2) is 65.3 Å². The van der Waals surface area contributed by atoms with E-state index in [0.717, 1.165) is 16.7 Å². The average Bonchev–Trinajstić information content (AvgIpc) is 3.07. The van der Waals surface area contributed by atoms with Crippen LogP contribution in [0.1, 0.15) is 43.4 Å². The van der Waals surface area contributed by atoms with Crippen LogP contribution < -0.4 is 9.47 Å². The Labute approximate surface area is 171 Å². The van der Waals surface area contributed by atoms with Gasteiger partial charge in [-0.15, -0.1) is 0 Å². The molecular weight excluding hydrogens is 366 g/mol. The topological polar surface area (TPSA) is 57.1 Å². The largest absolute Gasteiger partial charge is 0.493 e. The summed E-state index contributed by atoms with van der Waals surface area (Å²) in [6.45, 7) is 10.4. The summed E-state index contributed by atoms with van der Waals surface area (Å²) >= 11 is 0. The van der Waals surface area contributed by atoms with E-state index in [2.05, 4.69) is 25.4 Å². The molecule has 5 nitrogen and oxygen atoms in total. The van der Waals surface area contributed by atoms with Crippen molar-refractivity contribution >= 4 is 17.9 Å². The Morgan fingerprint density at radius 2 is 1.90 bits per heavy atom. The van der Waals surface area contributed by atoms with Crippen molar-refractivity contribution in [2.24, 2.45) is 4.99 Å². The molecule has 0 atom stereocenters. The molecule has 29 heavy (non-hydrogen) atoms. The molecule has 2 aromatic rings. The normalized spacial score (nSPS) is 14.7. The highest BCUT2D eigenvalue weighted by atomic mass is 16.6. The lowest BCUT2D eigenvalue weighted by Gasteiger charge is -2.11. The molecule has 5 heteroatoms. The zero-order valence-electron chi connectivity index (χ0n) is 17.2. The molecule has 0 aliphatic carbocycles. The molecule has 2 aromatic carbocycles. The van der Waals surface area contributed by atoms with Crippen LogP contribution in [0.25, 0.3) is 6.08 Å². The summed E-state index contributed by atoms with van der Waals surface area (Å²) in [5.74, 6) is 1.45. The van der Waals surface area contributed by atoms with Gasteiger partial charge in [0.1, 0.15) is 6.61 Å². The SMILES string of the molecule is C=C(C)COc1ccc(/C=C2\N=C(c3ccc(C(C)C)cc3)OC2=O)cc1OC. The smallest absolute Gasteiger partial charge is 0.363 e. The van der Waals surface area contributed by atoms with E-state index in [1.54, 1.807) is 25.3 Å². The lowest BCUT2D eigenvalue weighted by Crippen LogP contribution is -2.05. The van der Waals surface area contributed by atoms with Gasteiger partial charge in [0.2, 0.25) is 5.90 Å². The van der Waals surface area contributed by atoms with Crippen molar-refractivity contribution in [1.29, 1.82) is 0 Å². The van der Waals surface area contributed by atoms with Gasteiger partial charge in [0, 0.05) is 5.56 Å². The molecule has 0 aromatic heterocycles. The lowest BCUT2D eigenvalue weighted by molar-refractivity contribution is -0.129. The van der Waals surface area contributed by atoms with Crippen molar-refractivity contribution in [1.82, 2.24) is 0 Å². The predicted octanol–water partition coefficient (Wildman–Crippen LogP) is 5.12. The number of hydrogen-bond acceptors (Lipinski definition) is 5. The number of methoxy groups -OCH3 is 1. The molecule has 150 valence electrons. The van der Waals surface area contributed by atoms with Gasteiger partial charge >= 0.3 is 5.97 Å². The summed E-state index contributed by atoms with van der Waals surface area (Å²) in [5, 5.41) is 0. The standard InChI is InChI=1S/C24H25NO4/c1-15(2)14-28-21-11-6-17(13-22(21)27-5)12-20-24(26)29-23(25-20)19-9-7-18(8-10-19)16(3)4/h6-13,16H,1,14H2,2-5H3/b20-12-. The summed E-state index contributed by atoms with van der Waals surface area (Å²) in [6.07, 6.45) is 1.67. The Bertz CT molecular complexity index is 984. The van der Waals surface area contributed by atoms with Crippen molar-refractivity contribution in [2.75, 3.05) is 13.7 Å². The fraction of sp³-hybridized carbons (Fsp3) is 0.250. The minimum atomic E-state index is -0.477. The van der Waals surface area contributed by atoms with Gasteiger partial charge < -0.3 is 14.2 Å². The molecule has 0 N–H and O–H groups in total. The molecule has 1 aliphatic heterocycles. The molecule has 0 saturated heterocycles. The second-order valence-electron chi connectivity index (χ2n) is 7.27. The van der Waals surface area contributed by atoms with Gasteiger partial charge in [0.25, 0.3) is 0 Å². The van der Waals surface area contributed by atoms with Gasteiger partial charge in [0.15, 0.2) is 17.2 Å². The van der Waals surface area contributed by atoms with E-state index in [9.17, 15) is 4.79 Å². The third-order valence-corrected chi connectivity index (χ3v) is 4.41. The molecular formula is C24H25NO4. The van der Waals surface area contributed by atoms with Crippen molar-refractivity contribution in [3.8, 4) is 11.5 Å². The summed E-state index contributed by atoms with van der Waals surface area (Å²) in [4.78, 5) is 16.6. The van der Waals surface area contributed by atoms with Crippen molar-refractivity contribution in [3.05, 3.63) is 77.0 Å². The Morgan fingerprint density at radius 1 is 1.17 bits per heavy atom. The number of carbonyl (C=O) groups is 1. The number of cyclic esters (lactones) is 1. The lowest BCUT2D eigenvalue weighted by atomic mass is 10.0. The molecule has 1 heterocycles. The minimum Gasteiger partial charge on any atom is -0.493 e. The van der Waals surface area contributed by atoms with E-state index in [0.29, 0.717) is 29.9 Å². The Morgan fingerprint density at radius 3 is 2.52 bits per heavy atom. The van der Waals surface area contributed by atoms with Crippen LogP contribution in [-0.4, -0.2) is 25.6 Å². The quantitative estimate of drug-likeness (QED) is 0.373. The summed E-state index contributed by atoms with van der Waals surface area (Å²) in [5.41, 5.74) is 3.90. The zero-order chi connectivity index (χ0) is 21.0. The first-order valence-electron chi connectivity index (χ1n) is 9.45. The van der Waals surface area contributed by atoms with Gasteiger partial charge in [-0.3, -0.25) is 0 Å². The van der Waals surface area contributed by atoms with E-state index in [-0.39, 0.29) is 5.70 Å². The van der Waals surface area contributed by atoms with Crippen molar-refractivity contribution < 1.29 is 19.0 Å². The number of esters is 1. The average molecular weight is 391 g/mol. The minimum absolute atomic E-state index is 0.241. The maximum Gasteiger partial charge on any atom is 0.363 e. The fourth-order valence-corrected chi connectivity index (χ4v) is 2.80. The maximum atomic E-state index is 12.3. The van der Waals surface area contributed by atoms with Crippen molar-refractivity contribution in [3.63, 3.8) is 0 Å². The first-order valence-corrected chi connectivity index (χ1v) is 9.45. The van der Waals surface area contributed by atoms with Gasteiger partial charge in [-0.1, -0.05) is 38.6 Å². The molecule has 0 radical (unpaired) electrons. The van der Waals surface area contributed by atoms with Crippen LogP contribution in [0.2, 0.25) is 0 Å². The highest BCUT2D eigenvalue weighted by Gasteiger charge is 2.24. The summed E-state index contributed by atoms with van der Waals surface area (Å²) < 4.78 is 16.4. The number of ether oxygens (including phenoxy) is 3. The van der Waals surface area contributed by atoms with Gasteiger partial charge in [0.05, 0.1) is 7.11 Å². The highest BCUT2D eigenvalue weighted by Crippen LogP contribution is 2.30. The van der Waals surface area contributed by atoms with Crippen LogP contribution in [0.4, 0.5) is 0 Å².